The summed E-state index contributed by atoms with van der Waals surface area (Å²) < 4.78 is 11.3. The number of carbonyl (C=O) groups excluding carboxylic acids is 1. The molecule has 1 aliphatic heterocycles. The molecule has 0 saturated carbocycles. The maximum atomic E-state index is 13.1. The molecular formula is C74H133NO8. The summed E-state index contributed by atoms with van der Waals surface area (Å²) in [6.45, 7) is 3.68. The summed E-state index contributed by atoms with van der Waals surface area (Å²) in [7, 11) is 0. The molecule has 1 fully saturated rings. The van der Waals surface area contributed by atoms with Crippen LogP contribution in [0.1, 0.15) is 322 Å². The van der Waals surface area contributed by atoms with Crippen molar-refractivity contribution in [3.63, 3.8) is 0 Å². The minimum absolute atomic E-state index is 0.182. The van der Waals surface area contributed by atoms with Crippen LogP contribution >= 0.6 is 0 Å². The molecule has 1 saturated heterocycles. The predicted molar refractivity (Wildman–Crippen MR) is 355 cm³/mol. The van der Waals surface area contributed by atoms with Crippen LogP contribution in [0.15, 0.2) is 85.1 Å². The normalized spacial score (nSPS) is 18.8. The smallest absolute Gasteiger partial charge is 0.220 e. The highest BCUT2D eigenvalue weighted by Crippen LogP contribution is 2.23. The summed E-state index contributed by atoms with van der Waals surface area (Å²) in [6, 6.07) is -0.824. The molecule has 1 heterocycles. The summed E-state index contributed by atoms with van der Waals surface area (Å²) in [5.41, 5.74) is 0. The fraction of sp³-hybridized carbons (Fsp3) is 0.797. The number of hydrogen-bond donors (Lipinski definition) is 6. The van der Waals surface area contributed by atoms with Crippen LogP contribution in [-0.2, 0) is 14.3 Å². The Labute approximate surface area is 511 Å². The number of aliphatic hydroxyl groups excluding tert-OH is 5. The Hall–Kier alpha value is -2.63. The fourth-order valence-electron chi connectivity index (χ4n) is 11.0. The molecule has 0 aromatic rings. The van der Waals surface area contributed by atoms with Gasteiger partial charge in [0.2, 0.25) is 5.91 Å². The molecule has 9 nitrogen and oxygen atoms in total. The van der Waals surface area contributed by atoms with E-state index in [-0.39, 0.29) is 12.5 Å². The molecule has 1 aliphatic rings. The Morgan fingerprint density at radius 1 is 0.422 bits per heavy atom. The minimum Gasteiger partial charge on any atom is -0.394 e. The highest BCUT2D eigenvalue weighted by Gasteiger charge is 2.44. The molecular weight excluding hydrogens is 1030 g/mol. The first-order valence-electron chi connectivity index (χ1n) is 35.3. The number of hydrogen-bond acceptors (Lipinski definition) is 8. The van der Waals surface area contributed by atoms with Crippen LogP contribution in [0, 0.1) is 0 Å². The van der Waals surface area contributed by atoms with Crippen LogP contribution in [0.4, 0.5) is 0 Å². The molecule has 9 heteroatoms. The first-order chi connectivity index (χ1) is 40.8. The molecule has 1 rings (SSSR count). The number of aliphatic hydroxyl groups is 5. The SMILES string of the molecule is CC/C=C\C/C=C\C/C=C\C/C=C\C/C=C\CCCCCCCCCCCCCCCCCCCCCCCCCC(=O)NC(COC1OC(CO)C(O)C(O)C1O)C(O)/C=C/CC/C=C/CCCCCCCCCCCCCCCCC. The van der Waals surface area contributed by atoms with Gasteiger partial charge in [0.25, 0.3) is 0 Å². The molecule has 7 atom stereocenters. The van der Waals surface area contributed by atoms with Crippen molar-refractivity contribution in [3.05, 3.63) is 85.1 Å². The lowest BCUT2D eigenvalue weighted by Gasteiger charge is -2.40. The van der Waals surface area contributed by atoms with Crippen molar-refractivity contribution in [3.8, 4) is 0 Å². The van der Waals surface area contributed by atoms with E-state index in [1.54, 1.807) is 6.08 Å². The summed E-state index contributed by atoms with van der Waals surface area (Å²) in [4.78, 5) is 13.1. The van der Waals surface area contributed by atoms with E-state index in [9.17, 15) is 30.3 Å². The van der Waals surface area contributed by atoms with Crippen molar-refractivity contribution in [2.75, 3.05) is 13.2 Å². The zero-order valence-corrected chi connectivity index (χ0v) is 53.9. The van der Waals surface area contributed by atoms with Crippen LogP contribution in [0.5, 0.6) is 0 Å². The van der Waals surface area contributed by atoms with Crippen molar-refractivity contribution in [2.45, 2.75) is 365 Å². The second-order valence-electron chi connectivity index (χ2n) is 24.3. The third-order valence-corrected chi connectivity index (χ3v) is 16.5. The lowest BCUT2D eigenvalue weighted by molar-refractivity contribution is -0.302. The Balaban J connectivity index is 2.09. The number of ether oxygens (including phenoxy) is 2. The van der Waals surface area contributed by atoms with Crippen LogP contribution in [0.25, 0.3) is 0 Å². The van der Waals surface area contributed by atoms with E-state index in [2.05, 4.69) is 92.1 Å². The first-order valence-corrected chi connectivity index (χ1v) is 35.3. The number of carbonyl (C=O) groups is 1. The van der Waals surface area contributed by atoms with Gasteiger partial charge >= 0.3 is 0 Å². The van der Waals surface area contributed by atoms with Gasteiger partial charge in [-0.1, -0.05) is 324 Å². The predicted octanol–water partition coefficient (Wildman–Crippen LogP) is 19.3. The zero-order valence-electron chi connectivity index (χ0n) is 53.9. The third kappa shape index (κ3) is 51.2. The molecule has 0 bridgehead atoms. The molecule has 83 heavy (non-hydrogen) atoms. The van der Waals surface area contributed by atoms with Crippen molar-refractivity contribution < 1.29 is 39.8 Å². The Bertz CT molecular complexity index is 1590. The Morgan fingerprint density at radius 2 is 0.759 bits per heavy atom. The van der Waals surface area contributed by atoms with Crippen molar-refractivity contribution in [1.82, 2.24) is 5.32 Å². The van der Waals surface area contributed by atoms with Crippen LogP contribution in [-0.4, -0.2) is 87.5 Å². The van der Waals surface area contributed by atoms with E-state index < -0.39 is 49.5 Å². The van der Waals surface area contributed by atoms with E-state index in [0.29, 0.717) is 6.42 Å². The average molecular weight is 1160 g/mol. The quantitative estimate of drug-likeness (QED) is 0.0261. The standard InChI is InChI=1S/C74H133NO8/c1-3-5-7-9-11-13-15-17-19-21-23-25-26-27-28-29-30-31-32-33-34-35-36-37-38-39-40-41-42-44-46-48-50-52-54-56-58-60-62-64-70(78)75-67(66-82-74-73(81)72(80)71(79)69(65-76)83-74)68(77)63-61-59-57-55-53-51-49-47-45-43-24-22-20-18-16-14-12-10-8-6-4-2/h5,7,11,13,17,19,23,25,27-28,53,55,61,63,67-69,71-74,76-77,79-81H,3-4,6,8-10,12,14-16,18,20-22,24,26,29-52,54,56-60,62,64-66H2,1-2H3,(H,75,78)/b7-5-,13-11-,19-17-,25-23-,28-27-,55-53+,63-61+. The molecule has 482 valence electrons. The van der Waals surface area contributed by atoms with E-state index in [0.717, 1.165) is 70.6 Å². The van der Waals surface area contributed by atoms with Gasteiger partial charge in [0.05, 0.1) is 25.4 Å². The van der Waals surface area contributed by atoms with Crippen LogP contribution in [0.3, 0.4) is 0 Å². The molecule has 0 aliphatic carbocycles. The van der Waals surface area contributed by atoms with Gasteiger partial charge in [0, 0.05) is 6.42 Å². The average Bonchev–Trinajstić information content (AvgIpc) is 3.60. The number of unbranched alkanes of at least 4 members (excludes halogenated alkanes) is 39. The molecule has 6 N–H and O–H groups in total. The monoisotopic (exact) mass is 1160 g/mol. The van der Waals surface area contributed by atoms with Crippen LogP contribution in [0.2, 0.25) is 0 Å². The zero-order chi connectivity index (χ0) is 60.0. The Morgan fingerprint density at radius 3 is 1.16 bits per heavy atom. The van der Waals surface area contributed by atoms with Gasteiger partial charge in [-0.05, 0) is 77.0 Å². The van der Waals surface area contributed by atoms with Gasteiger partial charge in [0.1, 0.15) is 24.4 Å². The number of rotatable bonds is 61. The summed E-state index contributed by atoms with van der Waals surface area (Å²) >= 11 is 0. The van der Waals surface area contributed by atoms with Crippen LogP contribution < -0.4 is 5.32 Å². The maximum Gasteiger partial charge on any atom is 0.220 e. The van der Waals surface area contributed by atoms with Gasteiger partial charge in [-0.15, -0.1) is 0 Å². The molecule has 0 spiro atoms. The highest BCUT2D eigenvalue weighted by molar-refractivity contribution is 5.76. The highest BCUT2D eigenvalue weighted by atomic mass is 16.7. The van der Waals surface area contributed by atoms with Crippen molar-refractivity contribution in [1.29, 1.82) is 0 Å². The van der Waals surface area contributed by atoms with E-state index >= 15 is 0 Å². The van der Waals surface area contributed by atoms with Gasteiger partial charge in [-0.2, -0.15) is 0 Å². The van der Waals surface area contributed by atoms with Crippen molar-refractivity contribution >= 4 is 5.91 Å². The second-order valence-corrected chi connectivity index (χ2v) is 24.3. The summed E-state index contributed by atoms with van der Waals surface area (Å²) in [5, 5.41) is 54.7. The van der Waals surface area contributed by atoms with Gasteiger partial charge in [-0.25, -0.2) is 0 Å². The molecule has 0 aromatic carbocycles. The second kappa shape index (κ2) is 62.4. The van der Waals surface area contributed by atoms with E-state index in [4.69, 9.17) is 9.47 Å². The van der Waals surface area contributed by atoms with Crippen molar-refractivity contribution in [2.24, 2.45) is 0 Å². The summed E-state index contributed by atoms with van der Waals surface area (Å²) in [5.74, 6) is -0.182. The number of nitrogens with one attached hydrogen (secondary N) is 1. The maximum absolute atomic E-state index is 13.1. The largest absolute Gasteiger partial charge is 0.394 e. The Kier molecular flexibility index (Phi) is 59.0. The number of amides is 1. The van der Waals surface area contributed by atoms with E-state index in [1.165, 1.54) is 231 Å². The lowest BCUT2D eigenvalue weighted by Crippen LogP contribution is -2.60. The third-order valence-electron chi connectivity index (χ3n) is 16.5. The molecule has 1 amide bonds. The van der Waals surface area contributed by atoms with E-state index in [1.807, 2.05) is 6.08 Å². The topological polar surface area (TPSA) is 149 Å². The van der Waals surface area contributed by atoms with Gasteiger partial charge in [0.15, 0.2) is 6.29 Å². The lowest BCUT2D eigenvalue weighted by atomic mass is 9.99. The van der Waals surface area contributed by atoms with Gasteiger partial charge < -0.3 is 40.3 Å². The fourth-order valence-corrected chi connectivity index (χ4v) is 11.0. The summed E-state index contributed by atoms with van der Waals surface area (Å²) in [6.07, 6.45) is 82.7. The minimum atomic E-state index is -1.57. The van der Waals surface area contributed by atoms with Gasteiger partial charge in [-0.3, -0.25) is 4.79 Å². The number of allylic oxidation sites excluding steroid dienone is 13. The first kappa shape index (κ1) is 78.4. The molecule has 0 aromatic heterocycles. The molecule has 7 unspecified atom stereocenters. The molecule has 0 radical (unpaired) electrons.